The van der Waals surface area contributed by atoms with Gasteiger partial charge in [0.05, 0.1) is 17.5 Å². The van der Waals surface area contributed by atoms with Crippen molar-refractivity contribution < 1.29 is 22.8 Å². The van der Waals surface area contributed by atoms with E-state index in [0.717, 1.165) is 11.1 Å². The molecule has 12 heteroatoms. The van der Waals surface area contributed by atoms with Crippen LogP contribution in [-0.4, -0.2) is 37.0 Å². The Bertz CT molecular complexity index is 1460. The predicted molar refractivity (Wildman–Crippen MR) is 125 cm³/mol. The minimum absolute atomic E-state index is 0.267. The van der Waals surface area contributed by atoms with E-state index in [9.17, 15) is 22.8 Å². The van der Waals surface area contributed by atoms with Gasteiger partial charge in [-0.15, -0.1) is 5.10 Å². The second-order valence-electron chi connectivity index (χ2n) is 7.74. The highest BCUT2D eigenvalue weighted by Crippen LogP contribution is 2.31. The Labute approximate surface area is 202 Å². The van der Waals surface area contributed by atoms with Crippen molar-refractivity contribution in [2.45, 2.75) is 20.0 Å². The summed E-state index contributed by atoms with van der Waals surface area (Å²) in [6, 6.07) is 9.15. The topological polar surface area (TPSA) is 123 Å². The first kappa shape index (κ1) is 24.4. The third-order valence-corrected chi connectivity index (χ3v) is 5.03. The minimum Gasteiger partial charge on any atom is -0.321 e. The summed E-state index contributed by atoms with van der Waals surface area (Å²) in [5.41, 5.74) is 2.32. The quantitative estimate of drug-likeness (QED) is 0.419. The lowest BCUT2D eigenvalue weighted by atomic mass is 9.99. The Kier molecular flexibility index (Phi) is 6.68. The van der Waals surface area contributed by atoms with E-state index >= 15 is 0 Å². The number of pyridine rings is 1. The second-order valence-corrected chi connectivity index (χ2v) is 7.74. The molecule has 0 atom stereocenters. The molecule has 0 saturated carbocycles. The molecule has 2 N–H and O–H groups in total. The molecule has 0 aliphatic heterocycles. The molecule has 36 heavy (non-hydrogen) atoms. The van der Waals surface area contributed by atoms with E-state index in [0.29, 0.717) is 40.6 Å². The molecular formula is C24H18F3N7O2. The van der Waals surface area contributed by atoms with Crippen molar-refractivity contribution >= 4 is 23.3 Å². The summed E-state index contributed by atoms with van der Waals surface area (Å²) in [6.07, 6.45) is 0.470. The lowest BCUT2D eigenvalue weighted by Crippen LogP contribution is -2.16. The average molecular weight is 493 g/mol. The van der Waals surface area contributed by atoms with E-state index in [4.69, 9.17) is 0 Å². The second kappa shape index (κ2) is 9.86. The van der Waals surface area contributed by atoms with Gasteiger partial charge in [-0.2, -0.15) is 18.3 Å². The van der Waals surface area contributed by atoms with Crippen LogP contribution < -0.4 is 10.6 Å². The standard InChI is InChI=1S/C24H18F3N7O2/c1-13-3-4-18(33-23(36)21-6-17(11-31-34-21)24(25,26)27)7-19(13)15-5-16(10-28-9-15)20-8-22(30-12-29-20)32-14(2)35/h3-12H,1-2H3,(H,33,36)(H,29,30,32,35). The van der Waals surface area contributed by atoms with Crippen LogP contribution in [0.3, 0.4) is 0 Å². The van der Waals surface area contributed by atoms with Crippen molar-refractivity contribution in [1.29, 1.82) is 0 Å². The van der Waals surface area contributed by atoms with Crippen molar-refractivity contribution in [3.63, 3.8) is 0 Å². The maximum atomic E-state index is 12.9. The zero-order valence-corrected chi connectivity index (χ0v) is 19.0. The molecule has 1 aromatic carbocycles. The van der Waals surface area contributed by atoms with Crippen molar-refractivity contribution in [2.24, 2.45) is 0 Å². The van der Waals surface area contributed by atoms with Crippen LogP contribution in [-0.2, 0) is 11.0 Å². The number of anilines is 2. The molecule has 0 unspecified atom stereocenters. The summed E-state index contributed by atoms with van der Waals surface area (Å²) in [6.45, 7) is 3.24. The zero-order valence-electron chi connectivity index (χ0n) is 19.0. The van der Waals surface area contributed by atoms with Gasteiger partial charge < -0.3 is 10.6 Å². The Balaban J connectivity index is 1.62. The number of nitrogens with one attached hydrogen (secondary N) is 2. The molecule has 3 heterocycles. The van der Waals surface area contributed by atoms with E-state index in [1.165, 1.54) is 13.3 Å². The molecular weight excluding hydrogens is 475 g/mol. The number of hydrogen-bond acceptors (Lipinski definition) is 7. The SMILES string of the molecule is CC(=O)Nc1cc(-c2cncc(-c3cc(NC(=O)c4cc(C(F)(F)F)cnn4)ccc3C)c2)ncn1. The van der Waals surface area contributed by atoms with E-state index in [1.807, 2.05) is 13.0 Å². The molecule has 4 rings (SSSR count). The highest BCUT2D eigenvalue weighted by atomic mass is 19.4. The first-order valence-electron chi connectivity index (χ1n) is 10.5. The normalized spacial score (nSPS) is 11.1. The molecule has 0 fully saturated rings. The minimum atomic E-state index is -4.65. The number of nitrogens with zero attached hydrogens (tertiary/aromatic N) is 5. The number of benzene rings is 1. The lowest BCUT2D eigenvalue weighted by molar-refractivity contribution is -0.138. The van der Waals surface area contributed by atoms with E-state index < -0.39 is 23.3 Å². The lowest BCUT2D eigenvalue weighted by Gasteiger charge is -2.12. The summed E-state index contributed by atoms with van der Waals surface area (Å²) in [4.78, 5) is 36.4. The summed E-state index contributed by atoms with van der Waals surface area (Å²) in [7, 11) is 0. The summed E-state index contributed by atoms with van der Waals surface area (Å²) in [5, 5.41) is 11.9. The molecule has 0 aliphatic rings. The first-order chi connectivity index (χ1) is 17.1. The Morgan fingerprint density at radius 2 is 1.69 bits per heavy atom. The molecule has 9 nitrogen and oxygen atoms in total. The van der Waals surface area contributed by atoms with Crippen LogP contribution in [0.5, 0.6) is 0 Å². The molecule has 3 aromatic heterocycles. The molecule has 0 radical (unpaired) electrons. The van der Waals surface area contributed by atoms with Crippen LogP contribution in [0.4, 0.5) is 24.7 Å². The summed E-state index contributed by atoms with van der Waals surface area (Å²) < 4.78 is 38.8. The largest absolute Gasteiger partial charge is 0.418 e. The van der Waals surface area contributed by atoms with Crippen LogP contribution in [0.15, 0.2) is 61.3 Å². The van der Waals surface area contributed by atoms with Gasteiger partial charge in [0.2, 0.25) is 5.91 Å². The number of carbonyl (C=O) groups excluding carboxylic acids is 2. The number of amides is 2. The van der Waals surface area contributed by atoms with Gasteiger partial charge in [-0.25, -0.2) is 9.97 Å². The Morgan fingerprint density at radius 3 is 2.44 bits per heavy atom. The monoisotopic (exact) mass is 493 g/mol. The average Bonchev–Trinajstić information content (AvgIpc) is 2.84. The highest BCUT2D eigenvalue weighted by Gasteiger charge is 2.32. The van der Waals surface area contributed by atoms with E-state index in [2.05, 4.69) is 35.8 Å². The van der Waals surface area contributed by atoms with Crippen molar-refractivity contribution in [3.8, 4) is 22.4 Å². The fourth-order valence-corrected chi connectivity index (χ4v) is 3.33. The number of rotatable bonds is 5. The van der Waals surface area contributed by atoms with Crippen LogP contribution in [0.1, 0.15) is 28.5 Å². The van der Waals surface area contributed by atoms with Gasteiger partial charge in [0.25, 0.3) is 5.91 Å². The number of hydrogen-bond donors (Lipinski definition) is 2. The van der Waals surface area contributed by atoms with Crippen molar-refractivity contribution in [3.05, 3.63) is 78.1 Å². The van der Waals surface area contributed by atoms with E-state index in [-0.39, 0.29) is 5.91 Å². The summed E-state index contributed by atoms with van der Waals surface area (Å²) in [5.74, 6) is -0.754. The van der Waals surface area contributed by atoms with Gasteiger partial charge in [-0.05, 0) is 42.3 Å². The maximum Gasteiger partial charge on any atom is 0.418 e. The van der Waals surface area contributed by atoms with Gasteiger partial charge in [0, 0.05) is 42.2 Å². The van der Waals surface area contributed by atoms with Gasteiger partial charge in [-0.3, -0.25) is 14.6 Å². The van der Waals surface area contributed by atoms with E-state index in [1.54, 1.807) is 36.7 Å². The molecule has 4 aromatic rings. The van der Waals surface area contributed by atoms with Crippen LogP contribution in [0.2, 0.25) is 0 Å². The molecule has 2 amide bonds. The molecule has 0 saturated heterocycles. The third kappa shape index (κ3) is 5.66. The van der Waals surface area contributed by atoms with Gasteiger partial charge >= 0.3 is 6.18 Å². The fraction of sp³-hybridized carbons (Fsp3) is 0.125. The van der Waals surface area contributed by atoms with Gasteiger partial charge in [-0.1, -0.05) is 6.07 Å². The highest BCUT2D eigenvalue weighted by molar-refractivity contribution is 6.03. The van der Waals surface area contributed by atoms with Gasteiger partial charge in [0.15, 0.2) is 5.69 Å². The molecule has 182 valence electrons. The van der Waals surface area contributed by atoms with Crippen LogP contribution >= 0.6 is 0 Å². The summed E-state index contributed by atoms with van der Waals surface area (Å²) >= 11 is 0. The first-order valence-corrected chi connectivity index (χ1v) is 10.5. The third-order valence-electron chi connectivity index (χ3n) is 5.03. The smallest absolute Gasteiger partial charge is 0.321 e. The number of aromatic nitrogens is 5. The number of halogens is 3. The fourth-order valence-electron chi connectivity index (χ4n) is 3.33. The zero-order chi connectivity index (χ0) is 25.9. The molecule has 0 spiro atoms. The Morgan fingerprint density at radius 1 is 0.917 bits per heavy atom. The van der Waals surface area contributed by atoms with Crippen LogP contribution in [0.25, 0.3) is 22.4 Å². The maximum absolute atomic E-state index is 12.9. The van der Waals surface area contributed by atoms with Crippen LogP contribution in [0, 0.1) is 6.92 Å². The predicted octanol–water partition coefficient (Wildman–Crippen LogP) is 4.53. The number of aryl methyl sites for hydroxylation is 1. The Hall–Kier alpha value is -4.74. The number of carbonyl (C=O) groups is 2. The van der Waals surface area contributed by atoms with Gasteiger partial charge in [0.1, 0.15) is 12.1 Å². The van der Waals surface area contributed by atoms with Crippen molar-refractivity contribution in [2.75, 3.05) is 10.6 Å². The molecule has 0 bridgehead atoms. The van der Waals surface area contributed by atoms with Crippen molar-refractivity contribution in [1.82, 2.24) is 25.1 Å². The molecule has 0 aliphatic carbocycles. The number of alkyl halides is 3.